The summed E-state index contributed by atoms with van der Waals surface area (Å²) in [6.07, 6.45) is -0.657. The standard InChI is InChI=1S/C19H24FNO4/c1-21(11-14-4-9-18(23-2)19(10-14)24-3)12-16(22)13-25-17-7-5-15(20)6-8-17/h4-10,16,22H,11-13H2,1-3H3. The third-order valence-corrected chi connectivity index (χ3v) is 3.68. The lowest BCUT2D eigenvalue weighted by atomic mass is 10.2. The lowest BCUT2D eigenvalue weighted by Gasteiger charge is -2.21. The maximum absolute atomic E-state index is 12.8. The molecule has 0 saturated carbocycles. The highest BCUT2D eigenvalue weighted by molar-refractivity contribution is 5.42. The molecule has 2 aromatic rings. The normalized spacial score (nSPS) is 12.1. The Morgan fingerprint density at radius 2 is 1.72 bits per heavy atom. The number of benzene rings is 2. The number of rotatable bonds is 9. The van der Waals surface area contributed by atoms with E-state index in [1.165, 1.54) is 24.3 Å². The molecule has 0 aliphatic rings. The number of ether oxygens (including phenoxy) is 3. The van der Waals surface area contributed by atoms with Gasteiger partial charge in [-0.2, -0.15) is 0 Å². The predicted octanol–water partition coefficient (Wildman–Crippen LogP) is 2.71. The molecule has 2 rings (SSSR count). The van der Waals surface area contributed by atoms with E-state index in [4.69, 9.17) is 14.2 Å². The summed E-state index contributed by atoms with van der Waals surface area (Å²) < 4.78 is 28.8. The summed E-state index contributed by atoms with van der Waals surface area (Å²) >= 11 is 0. The minimum absolute atomic E-state index is 0.141. The Labute approximate surface area is 147 Å². The Bertz CT molecular complexity index is 663. The molecule has 0 aliphatic heterocycles. The lowest BCUT2D eigenvalue weighted by Crippen LogP contribution is -2.32. The zero-order valence-electron chi connectivity index (χ0n) is 14.7. The predicted molar refractivity (Wildman–Crippen MR) is 93.8 cm³/mol. The molecule has 25 heavy (non-hydrogen) atoms. The van der Waals surface area contributed by atoms with E-state index in [9.17, 15) is 9.50 Å². The third-order valence-electron chi connectivity index (χ3n) is 3.68. The van der Waals surface area contributed by atoms with Gasteiger partial charge in [0, 0.05) is 13.1 Å². The molecule has 6 heteroatoms. The molecule has 1 unspecified atom stereocenters. The van der Waals surface area contributed by atoms with E-state index in [1.807, 2.05) is 30.1 Å². The Hall–Kier alpha value is -2.31. The molecule has 0 aliphatic carbocycles. The fourth-order valence-electron chi connectivity index (χ4n) is 2.49. The van der Waals surface area contributed by atoms with Gasteiger partial charge in [-0.05, 0) is 49.0 Å². The topological polar surface area (TPSA) is 51.2 Å². The molecular weight excluding hydrogens is 325 g/mol. The molecule has 0 aromatic heterocycles. The summed E-state index contributed by atoms with van der Waals surface area (Å²) in [6.45, 7) is 1.23. The number of aliphatic hydroxyl groups is 1. The van der Waals surface area contributed by atoms with Crippen molar-refractivity contribution in [2.75, 3.05) is 34.4 Å². The number of halogens is 1. The van der Waals surface area contributed by atoms with Crippen LogP contribution in [0.5, 0.6) is 17.2 Å². The molecule has 136 valence electrons. The van der Waals surface area contributed by atoms with Gasteiger partial charge in [-0.15, -0.1) is 0 Å². The first-order valence-electron chi connectivity index (χ1n) is 7.97. The van der Waals surface area contributed by atoms with Crippen LogP contribution in [0, 0.1) is 5.82 Å². The molecule has 0 saturated heterocycles. The Balaban J connectivity index is 1.82. The van der Waals surface area contributed by atoms with E-state index in [1.54, 1.807) is 14.2 Å². The van der Waals surface area contributed by atoms with Gasteiger partial charge in [-0.1, -0.05) is 6.07 Å². The summed E-state index contributed by atoms with van der Waals surface area (Å²) in [5.74, 6) is 1.57. The molecule has 1 N–H and O–H groups in total. The van der Waals surface area contributed by atoms with Gasteiger partial charge in [0.25, 0.3) is 0 Å². The Kier molecular flexibility index (Phi) is 7.03. The molecule has 0 heterocycles. The van der Waals surface area contributed by atoms with Crippen molar-refractivity contribution in [2.45, 2.75) is 12.6 Å². The smallest absolute Gasteiger partial charge is 0.161 e. The molecular formula is C19H24FNO4. The highest BCUT2D eigenvalue weighted by Crippen LogP contribution is 2.27. The van der Waals surface area contributed by atoms with Gasteiger partial charge in [0.05, 0.1) is 14.2 Å². The van der Waals surface area contributed by atoms with Gasteiger partial charge < -0.3 is 19.3 Å². The Morgan fingerprint density at radius 1 is 1.04 bits per heavy atom. The molecule has 1 atom stereocenters. The Morgan fingerprint density at radius 3 is 2.36 bits per heavy atom. The molecule has 0 radical (unpaired) electrons. The van der Waals surface area contributed by atoms with Crippen LogP contribution >= 0.6 is 0 Å². The number of aliphatic hydroxyl groups excluding tert-OH is 1. The zero-order valence-corrected chi connectivity index (χ0v) is 14.7. The van der Waals surface area contributed by atoms with Crippen LogP contribution in [-0.4, -0.2) is 50.5 Å². The van der Waals surface area contributed by atoms with E-state index >= 15 is 0 Å². The SMILES string of the molecule is COc1ccc(CN(C)CC(O)COc2ccc(F)cc2)cc1OC. The fraction of sp³-hybridized carbons (Fsp3) is 0.368. The summed E-state index contributed by atoms with van der Waals surface area (Å²) in [6, 6.07) is 11.5. The van der Waals surface area contributed by atoms with Crippen LogP contribution in [0.3, 0.4) is 0 Å². The summed E-state index contributed by atoms with van der Waals surface area (Å²) in [7, 11) is 5.11. The van der Waals surface area contributed by atoms with Crippen molar-refractivity contribution in [3.05, 3.63) is 53.8 Å². The van der Waals surface area contributed by atoms with Gasteiger partial charge in [0.1, 0.15) is 24.3 Å². The number of hydrogen-bond acceptors (Lipinski definition) is 5. The second kappa shape index (κ2) is 9.25. The molecule has 2 aromatic carbocycles. The number of hydrogen-bond donors (Lipinski definition) is 1. The molecule has 0 fully saturated rings. The van der Waals surface area contributed by atoms with Crippen molar-refractivity contribution >= 4 is 0 Å². The van der Waals surface area contributed by atoms with E-state index in [0.717, 1.165) is 5.56 Å². The van der Waals surface area contributed by atoms with Crippen molar-refractivity contribution < 1.29 is 23.7 Å². The van der Waals surface area contributed by atoms with E-state index in [-0.39, 0.29) is 12.4 Å². The number of methoxy groups -OCH3 is 2. The lowest BCUT2D eigenvalue weighted by molar-refractivity contribution is 0.0743. The van der Waals surface area contributed by atoms with E-state index in [2.05, 4.69) is 0 Å². The van der Waals surface area contributed by atoms with Gasteiger partial charge in [-0.3, -0.25) is 4.90 Å². The second-order valence-corrected chi connectivity index (χ2v) is 5.80. The van der Waals surface area contributed by atoms with Crippen LogP contribution in [0.15, 0.2) is 42.5 Å². The zero-order chi connectivity index (χ0) is 18.2. The van der Waals surface area contributed by atoms with Crippen LogP contribution in [0.25, 0.3) is 0 Å². The van der Waals surface area contributed by atoms with Gasteiger partial charge in [-0.25, -0.2) is 4.39 Å². The van der Waals surface area contributed by atoms with Crippen molar-refractivity contribution in [1.82, 2.24) is 4.90 Å². The first kappa shape index (κ1) is 19.0. The fourth-order valence-corrected chi connectivity index (χ4v) is 2.49. The molecule has 0 spiro atoms. The van der Waals surface area contributed by atoms with Crippen LogP contribution in [0.4, 0.5) is 4.39 Å². The van der Waals surface area contributed by atoms with Crippen molar-refractivity contribution in [3.63, 3.8) is 0 Å². The third kappa shape index (κ3) is 5.92. The first-order chi connectivity index (χ1) is 12.0. The van der Waals surface area contributed by atoms with Crippen molar-refractivity contribution in [3.8, 4) is 17.2 Å². The van der Waals surface area contributed by atoms with E-state index in [0.29, 0.717) is 30.3 Å². The van der Waals surface area contributed by atoms with Crippen molar-refractivity contribution in [1.29, 1.82) is 0 Å². The molecule has 0 amide bonds. The van der Waals surface area contributed by atoms with Crippen molar-refractivity contribution in [2.24, 2.45) is 0 Å². The maximum atomic E-state index is 12.8. The largest absolute Gasteiger partial charge is 0.493 e. The van der Waals surface area contributed by atoms with E-state index < -0.39 is 6.10 Å². The monoisotopic (exact) mass is 349 g/mol. The van der Waals surface area contributed by atoms with Gasteiger partial charge in [0.15, 0.2) is 11.5 Å². The average Bonchev–Trinajstić information content (AvgIpc) is 2.61. The second-order valence-electron chi connectivity index (χ2n) is 5.80. The average molecular weight is 349 g/mol. The molecule has 5 nitrogen and oxygen atoms in total. The highest BCUT2D eigenvalue weighted by Gasteiger charge is 2.11. The van der Waals surface area contributed by atoms with Gasteiger partial charge in [0.2, 0.25) is 0 Å². The summed E-state index contributed by atoms with van der Waals surface area (Å²) in [4.78, 5) is 1.99. The van der Waals surface area contributed by atoms with Crippen LogP contribution < -0.4 is 14.2 Å². The summed E-state index contributed by atoms with van der Waals surface area (Å²) in [5, 5.41) is 10.1. The number of nitrogens with zero attached hydrogens (tertiary/aromatic N) is 1. The maximum Gasteiger partial charge on any atom is 0.161 e. The summed E-state index contributed by atoms with van der Waals surface area (Å²) in [5.41, 5.74) is 1.05. The molecule has 0 bridgehead atoms. The first-order valence-corrected chi connectivity index (χ1v) is 7.97. The number of likely N-dealkylation sites (N-methyl/N-ethyl adjacent to an activating group) is 1. The quantitative estimate of drug-likeness (QED) is 0.754. The van der Waals surface area contributed by atoms with Gasteiger partial charge >= 0.3 is 0 Å². The van der Waals surface area contributed by atoms with Crippen LogP contribution in [-0.2, 0) is 6.54 Å². The van der Waals surface area contributed by atoms with Crippen LogP contribution in [0.2, 0.25) is 0 Å². The van der Waals surface area contributed by atoms with Crippen LogP contribution in [0.1, 0.15) is 5.56 Å². The minimum Gasteiger partial charge on any atom is -0.493 e. The minimum atomic E-state index is -0.657. The highest BCUT2D eigenvalue weighted by atomic mass is 19.1.